The Hall–Kier alpha value is -1.14. The van der Waals surface area contributed by atoms with E-state index < -0.39 is 11.8 Å². The normalized spacial score (nSPS) is 22.9. The molecule has 6 heteroatoms. The first kappa shape index (κ1) is 10.9. The number of rotatable bonds is 2. The summed E-state index contributed by atoms with van der Waals surface area (Å²) in [4.78, 5) is 21.9. The fraction of sp³-hybridized carbons (Fsp3) is 0.750. The van der Waals surface area contributed by atoms with Crippen LogP contribution in [0.3, 0.4) is 0 Å². The highest BCUT2D eigenvalue weighted by Gasteiger charge is 2.25. The molecule has 80 valence electrons. The molecule has 4 N–H and O–H groups in total. The Labute approximate surface area is 82.1 Å². The molecule has 0 saturated carbocycles. The summed E-state index contributed by atoms with van der Waals surface area (Å²) in [5.41, 5.74) is 1.77. The van der Waals surface area contributed by atoms with Crippen LogP contribution in [0.5, 0.6) is 0 Å². The number of carbonyl (C=O) groups excluding carboxylic acids is 2. The number of nitrogens with one attached hydrogen (secondary N) is 2. The largest absolute Gasteiger partial charge is 0.376 e. The number of hydrogen-bond donors (Lipinski definition) is 3. The van der Waals surface area contributed by atoms with E-state index in [4.69, 9.17) is 10.6 Å². The first-order valence-electron chi connectivity index (χ1n) is 4.58. The van der Waals surface area contributed by atoms with Gasteiger partial charge in [-0.2, -0.15) is 0 Å². The molecule has 1 rings (SSSR count). The summed E-state index contributed by atoms with van der Waals surface area (Å²) in [6.07, 6.45) is 1.91. The highest BCUT2D eigenvalue weighted by molar-refractivity contribution is 6.34. The van der Waals surface area contributed by atoms with Crippen molar-refractivity contribution in [2.24, 2.45) is 5.84 Å². The van der Waals surface area contributed by atoms with E-state index in [0.29, 0.717) is 6.61 Å². The number of hydrogen-bond acceptors (Lipinski definition) is 4. The van der Waals surface area contributed by atoms with E-state index in [-0.39, 0.29) is 12.1 Å². The van der Waals surface area contributed by atoms with E-state index >= 15 is 0 Å². The lowest BCUT2D eigenvalue weighted by atomic mass is 10.1. The van der Waals surface area contributed by atoms with Crippen LogP contribution in [-0.4, -0.2) is 30.6 Å². The molecule has 1 fully saturated rings. The van der Waals surface area contributed by atoms with Gasteiger partial charge in [-0.1, -0.05) is 0 Å². The summed E-state index contributed by atoms with van der Waals surface area (Å²) in [5, 5.41) is 2.52. The fourth-order valence-corrected chi connectivity index (χ4v) is 1.43. The quantitative estimate of drug-likeness (QED) is 0.223. The Kier molecular flexibility index (Phi) is 3.84. The molecule has 1 aliphatic rings. The van der Waals surface area contributed by atoms with Gasteiger partial charge >= 0.3 is 11.8 Å². The monoisotopic (exact) mass is 201 g/mol. The first-order chi connectivity index (χ1) is 6.65. The molecule has 1 saturated heterocycles. The van der Waals surface area contributed by atoms with E-state index in [0.717, 1.165) is 12.8 Å². The highest BCUT2D eigenvalue weighted by Crippen LogP contribution is 2.15. The van der Waals surface area contributed by atoms with Crippen molar-refractivity contribution in [3.05, 3.63) is 0 Å². The smallest absolute Gasteiger partial charge is 0.323 e. The second-order valence-corrected chi connectivity index (χ2v) is 3.29. The Bertz CT molecular complexity index is 226. The van der Waals surface area contributed by atoms with Gasteiger partial charge in [0.25, 0.3) is 0 Å². The van der Waals surface area contributed by atoms with E-state index in [1.54, 1.807) is 12.3 Å². The van der Waals surface area contributed by atoms with Crippen molar-refractivity contribution in [2.45, 2.75) is 31.9 Å². The molecule has 0 radical (unpaired) electrons. The molecule has 2 amide bonds. The van der Waals surface area contributed by atoms with Crippen molar-refractivity contribution >= 4 is 11.8 Å². The lowest BCUT2D eigenvalue weighted by Gasteiger charge is -2.19. The third kappa shape index (κ3) is 2.68. The van der Waals surface area contributed by atoms with Gasteiger partial charge in [0.05, 0.1) is 12.1 Å². The Balaban J connectivity index is 2.35. The Morgan fingerprint density at radius 1 is 1.50 bits per heavy atom. The molecule has 0 bridgehead atoms. The third-order valence-corrected chi connectivity index (χ3v) is 2.22. The van der Waals surface area contributed by atoms with E-state index in [1.165, 1.54) is 0 Å². The summed E-state index contributed by atoms with van der Waals surface area (Å²) in [6, 6.07) is -0.165. The van der Waals surface area contributed by atoms with E-state index in [9.17, 15) is 9.59 Å². The van der Waals surface area contributed by atoms with Gasteiger partial charge < -0.3 is 10.1 Å². The van der Waals surface area contributed by atoms with Crippen molar-refractivity contribution in [2.75, 3.05) is 6.61 Å². The fourth-order valence-electron chi connectivity index (χ4n) is 1.43. The standard InChI is InChI=1S/C8H15N3O3/c1-5(6-3-2-4-14-6)10-7(12)8(13)11-9/h5-6H,2-4,9H2,1H3,(H,10,12)(H,11,13). The predicted octanol–water partition coefficient (Wildman–Crippen LogP) is -1.34. The van der Waals surface area contributed by atoms with Gasteiger partial charge in [-0.05, 0) is 19.8 Å². The van der Waals surface area contributed by atoms with Crippen LogP contribution in [0.15, 0.2) is 0 Å². The molecule has 0 aromatic carbocycles. The molecule has 1 heterocycles. The minimum atomic E-state index is -0.838. The van der Waals surface area contributed by atoms with Crippen LogP contribution in [0.1, 0.15) is 19.8 Å². The number of amides is 2. The maximum atomic E-state index is 11.1. The molecule has 2 atom stereocenters. The lowest BCUT2D eigenvalue weighted by molar-refractivity contribution is -0.140. The van der Waals surface area contributed by atoms with Crippen molar-refractivity contribution in [1.82, 2.24) is 10.7 Å². The average Bonchev–Trinajstić information content (AvgIpc) is 2.69. The number of nitrogens with two attached hydrogens (primary N) is 1. The summed E-state index contributed by atoms with van der Waals surface area (Å²) in [7, 11) is 0. The Morgan fingerprint density at radius 3 is 2.71 bits per heavy atom. The second-order valence-electron chi connectivity index (χ2n) is 3.29. The summed E-state index contributed by atoms with van der Waals surface area (Å²) >= 11 is 0. The first-order valence-corrected chi connectivity index (χ1v) is 4.58. The SMILES string of the molecule is CC(NC(=O)C(=O)NN)C1CCCO1. The van der Waals surface area contributed by atoms with Crippen molar-refractivity contribution < 1.29 is 14.3 Å². The maximum Gasteiger partial charge on any atom is 0.323 e. The van der Waals surface area contributed by atoms with Gasteiger partial charge in [0.2, 0.25) is 0 Å². The number of carbonyl (C=O) groups is 2. The van der Waals surface area contributed by atoms with Crippen LogP contribution in [0.4, 0.5) is 0 Å². The van der Waals surface area contributed by atoms with Crippen LogP contribution >= 0.6 is 0 Å². The van der Waals surface area contributed by atoms with Gasteiger partial charge in [-0.15, -0.1) is 0 Å². The minimum absolute atomic E-state index is 0.00419. The summed E-state index contributed by atoms with van der Waals surface area (Å²) in [5.74, 6) is 3.25. The molecular weight excluding hydrogens is 186 g/mol. The van der Waals surface area contributed by atoms with Crippen LogP contribution in [0.25, 0.3) is 0 Å². The molecular formula is C8H15N3O3. The number of ether oxygens (including phenoxy) is 1. The van der Waals surface area contributed by atoms with E-state index in [1.807, 2.05) is 0 Å². The number of hydrazine groups is 1. The molecule has 2 unspecified atom stereocenters. The minimum Gasteiger partial charge on any atom is -0.376 e. The summed E-state index contributed by atoms with van der Waals surface area (Å²) in [6.45, 7) is 2.52. The zero-order valence-electron chi connectivity index (χ0n) is 8.08. The van der Waals surface area contributed by atoms with Crippen molar-refractivity contribution in [1.29, 1.82) is 0 Å². The van der Waals surface area contributed by atoms with Crippen LogP contribution < -0.4 is 16.6 Å². The maximum absolute atomic E-state index is 11.1. The van der Waals surface area contributed by atoms with Gasteiger partial charge in [0.15, 0.2) is 0 Å². The Morgan fingerprint density at radius 2 is 2.21 bits per heavy atom. The van der Waals surface area contributed by atoms with Gasteiger partial charge in [0, 0.05) is 6.61 Å². The lowest BCUT2D eigenvalue weighted by Crippen LogP contribution is -2.49. The van der Waals surface area contributed by atoms with Gasteiger partial charge in [-0.25, -0.2) is 5.84 Å². The van der Waals surface area contributed by atoms with Gasteiger partial charge in [-0.3, -0.25) is 15.0 Å². The highest BCUT2D eigenvalue weighted by atomic mass is 16.5. The van der Waals surface area contributed by atoms with E-state index in [2.05, 4.69) is 5.32 Å². The molecule has 14 heavy (non-hydrogen) atoms. The average molecular weight is 201 g/mol. The third-order valence-electron chi connectivity index (χ3n) is 2.22. The summed E-state index contributed by atoms with van der Waals surface area (Å²) < 4.78 is 5.35. The van der Waals surface area contributed by atoms with Crippen molar-refractivity contribution in [3.63, 3.8) is 0 Å². The zero-order valence-corrected chi connectivity index (χ0v) is 8.08. The topological polar surface area (TPSA) is 93.5 Å². The zero-order chi connectivity index (χ0) is 10.6. The molecule has 0 aromatic rings. The molecule has 0 aromatic heterocycles. The molecule has 0 aliphatic carbocycles. The molecule has 6 nitrogen and oxygen atoms in total. The van der Waals surface area contributed by atoms with Crippen LogP contribution in [-0.2, 0) is 14.3 Å². The molecule has 1 aliphatic heterocycles. The van der Waals surface area contributed by atoms with Gasteiger partial charge in [0.1, 0.15) is 0 Å². The second kappa shape index (κ2) is 4.92. The van der Waals surface area contributed by atoms with Crippen LogP contribution in [0, 0.1) is 0 Å². The van der Waals surface area contributed by atoms with Crippen LogP contribution in [0.2, 0.25) is 0 Å². The molecule has 0 spiro atoms. The van der Waals surface area contributed by atoms with Crippen molar-refractivity contribution in [3.8, 4) is 0 Å². The predicted molar refractivity (Wildman–Crippen MR) is 48.9 cm³/mol.